The molecular formula is C10H19ClN2OS. The Kier molecular flexibility index (Phi) is 5.23. The number of carbonyl (C=O) groups is 1. The van der Waals surface area contributed by atoms with Crippen LogP contribution in [0.25, 0.3) is 0 Å². The first kappa shape index (κ1) is 13.1. The molecule has 3 nitrogen and oxygen atoms in total. The zero-order valence-corrected chi connectivity index (χ0v) is 10.5. The van der Waals surface area contributed by atoms with E-state index in [4.69, 9.17) is 5.73 Å². The van der Waals surface area contributed by atoms with E-state index in [9.17, 15) is 4.79 Å². The molecule has 1 amide bonds. The largest absolute Gasteiger partial charge is 0.341 e. The minimum atomic E-state index is 0. The minimum absolute atomic E-state index is 0. The maximum atomic E-state index is 12.0. The predicted octanol–water partition coefficient (Wildman–Crippen LogP) is 1.11. The molecule has 2 fully saturated rings. The molecule has 2 aliphatic heterocycles. The third-order valence-corrected chi connectivity index (χ3v) is 4.16. The monoisotopic (exact) mass is 250 g/mol. The molecule has 2 rings (SSSR count). The van der Waals surface area contributed by atoms with Crippen LogP contribution in [0.3, 0.4) is 0 Å². The summed E-state index contributed by atoms with van der Waals surface area (Å²) in [7, 11) is 0. The first-order valence-electron chi connectivity index (χ1n) is 5.39. The van der Waals surface area contributed by atoms with Crippen LogP contribution in [-0.2, 0) is 4.79 Å². The molecule has 0 aromatic heterocycles. The zero-order chi connectivity index (χ0) is 9.97. The van der Waals surface area contributed by atoms with Gasteiger partial charge >= 0.3 is 0 Å². The molecule has 0 spiro atoms. The molecule has 0 saturated carbocycles. The van der Waals surface area contributed by atoms with Crippen molar-refractivity contribution in [3.63, 3.8) is 0 Å². The van der Waals surface area contributed by atoms with E-state index in [2.05, 4.69) is 0 Å². The number of halogens is 1. The van der Waals surface area contributed by atoms with Crippen LogP contribution >= 0.6 is 24.2 Å². The van der Waals surface area contributed by atoms with Crippen molar-refractivity contribution >= 4 is 30.1 Å². The predicted molar refractivity (Wildman–Crippen MR) is 66.5 cm³/mol. The maximum absolute atomic E-state index is 12.0. The Morgan fingerprint density at radius 3 is 2.47 bits per heavy atom. The quantitative estimate of drug-likeness (QED) is 0.759. The number of hydrogen-bond donors (Lipinski definition) is 1. The van der Waals surface area contributed by atoms with Gasteiger partial charge < -0.3 is 10.6 Å². The first-order chi connectivity index (χ1) is 6.77. The zero-order valence-electron chi connectivity index (χ0n) is 8.85. The van der Waals surface area contributed by atoms with Gasteiger partial charge in [-0.2, -0.15) is 11.8 Å². The molecule has 0 unspecified atom stereocenters. The third kappa shape index (κ3) is 3.26. The van der Waals surface area contributed by atoms with Gasteiger partial charge in [0.2, 0.25) is 5.91 Å². The summed E-state index contributed by atoms with van der Waals surface area (Å²) >= 11 is 1.96. The Balaban J connectivity index is 0.00000112. The van der Waals surface area contributed by atoms with E-state index in [1.54, 1.807) is 0 Å². The number of hydrogen-bond acceptors (Lipinski definition) is 3. The van der Waals surface area contributed by atoms with Crippen molar-refractivity contribution in [1.82, 2.24) is 4.90 Å². The number of thioether (sulfide) groups is 1. The van der Waals surface area contributed by atoms with E-state index in [1.807, 2.05) is 16.7 Å². The summed E-state index contributed by atoms with van der Waals surface area (Å²) in [4.78, 5) is 14.0. The van der Waals surface area contributed by atoms with Crippen LogP contribution in [0.15, 0.2) is 0 Å². The summed E-state index contributed by atoms with van der Waals surface area (Å²) in [5, 5.41) is 0. The highest BCUT2D eigenvalue weighted by atomic mass is 35.5. The SMILES string of the molecule is Cl.N[C@H]1CCN(C(=O)C2CCSCC2)C1. The molecule has 5 heteroatoms. The van der Waals surface area contributed by atoms with Gasteiger partial charge in [-0.05, 0) is 30.8 Å². The number of amides is 1. The van der Waals surface area contributed by atoms with Crippen LogP contribution in [0.5, 0.6) is 0 Å². The second kappa shape index (κ2) is 5.97. The van der Waals surface area contributed by atoms with E-state index in [0.717, 1.165) is 43.9 Å². The Morgan fingerprint density at radius 2 is 1.93 bits per heavy atom. The topological polar surface area (TPSA) is 46.3 Å². The van der Waals surface area contributed by atoms with Gasteiger partial charge in [0.25, 0.3) is 0 Å². The maximum Gasteiger partial charge on any atom is 0.225 e. The molecule has 88 valence electrons. The van der Waals surface area contributed by atoms with E-state index >= 15 is 0 Å². The number of rotatable bonds is 1. The molecule has 2 heterocycles. The van der Waals surface area contributed by atoms with Crippen LogP contribution in [0.4, 0.5) is 0 Å². The Morgan fingerprint density at radius 1 is 1.27 bits per heavy atom. The average Bonchev–Trinajstić information content (AvgIpc) is 2.65. The highest BCUT2D eigenvalue weighted by Gasteiger charge is 2.30. The van der Waals surface area contributed by atoms with Crippen molar-refractivity contribution in [3.8, 4) is 0 Å². The summed E-state index contributed by atoms with van der Waals surface area (Å²) in [6.07, 6.45) is 3.11. The van der Waals surface area contributed by atoms with Crippen molar-refractivity contribution in [1.29, 1.82) is 0 Å². The van der Waals surface area contributed by atoms with Gasteiger partial charge in [0.15, 0.2) is 0 Å². The Labute approximate surface area is 102 Å². The number of likely N-dealkylation sites (tertiary alicyclic amines) is 1. The fourth-order valence-corrected chi connectivity index (χ4v) is 3.30. The second-order valence-corrected chi connectivity index (χ2v) is 5.44. The van der Waals surface area contributed by atoms with Gasteiger partial charge in [-0.1, -0.05) is 0 Å². The van der Waals surface area contributed by atoms with E-state index in [1.165, 1.54) is 0 Å². The Bertz CT molecular complexity index is 215. The molecular weight excluding hydrogens is 232 g/mol. The fraction of sp³-hybridized carbons (Fsp3) is 0.900. The van der Waals surface area contributed by atoms with Crippen molar-refractivity contribution in [2.24, 2.45) is 11.7 Å². The number of nitrogens with zero attached hydrogens (tertiary/aromatic N) is 1. The van der Waals surface area contributed by atoms with E-state index in [-0.39, 0.29) is 18.4 Å². The molecule has 0 aromatic carbocycles. The van der Waals surface area contributed by atoms with Crippen molar-refractivity contribution in [2.45, 2.75) is 25.3 Å². The van der Waals surface area contributed by atoms with Crippen LogP contribution in [0, 0.1) is 5.92 Å². The third-order valence-electron chi connectivity index (χ3n) is 3.11. The highest BCUT2D eigenvalue weighted by molar-refractivity contribution is 7.99. The average molecular weight is 251 g/mol. The van der Waals surface area contributed by atoms with Crippen LogP contribution in [-0.4, -0.2) is 41.4 Å². The number of carbonyl (C=O) groups excluding carboxylic acids is 1. The lowest BCUT2D eigenvalue weighted by atomic mass is 10.0. The molecule has 0 radical (unpaired) electrons. The van der Waals surface area contributed by atoms with Crippen molar-refractivity contribution in [3.05, 3.63) is 0 Å². The van der Waals surface area contributed by atoms with Gasteiger partial charge in [-0.3, -0.25) is 4.79 Å². The van der Waals surface area contributed by atoms with E-state index in [0.29, 0.717) is 11.8 Å². The van der Waals surface area contributed by atoms with Crippen LogP contribution in [0.2, 0.25) is 0 Å². The van der Waals surface area contributed by atoms with Gasteiger partial charge in [-0.25, -0.2) is 0 Å². The van der Waals surface area contributed by atoms with Crippen molar-refractivity contribution < 1.29 is 4.79 Å². The molecule has 0 aromatic rings. The van der Waals surface area contributed by atoms with Gasteiger partial charge in [0.1, 0.15) is 0 Å². The van der Waals surface area contributed by atoms with Gasteiger partial charge in [-0.15, -0.1) is 12.4 Å². The summed E-state index contributed by atoms with van der Waals surface area (Å²) in [5.41, 5.74) is 5.79. The summed E-state index contributed by atoms with van der Waals surface area (Å²) in [6.45, 7) is 1.66. The lowest BCUT2D eigenvalue weighted by Gasteiger charge is -2.25. The van der Waals surface area contributed by atoms with Gasteiger partial charge in [0.05, 0.1) is 0 Å². The molecule has 15 heavy (non-hydrogen) atoms. The van der Waals surface area contributed by atoms with Gasteiger partial charge in [0, 0.05) is 25.0 Å². The molecule has 1 atom stereocenters. The normalized spacial score (nSPS) is 27.5. The molecule has 0 aliphatic carbocycles. The van der Waals surface area contributed by atoms with Crippen molar-refractivity contribution in [2.75, 3.05) is 24.6 Å². The molecule has 2 aliphatic rings. The second-order valence-electron chi connectivity index (χ2n) is 4.22. The lowest BCUT2D eigenvalue weighted by molar-refractivity contribution is -0.134. The summed E-state index contributed by atoms with van der Waals surface area (Å²) in [5.74, 6) is 2.95. The fourth-order valence-electron chi connectivity index (χ4n) is 2.19. The first-order valence-corrected chi connectivity index (χ1v) is 6.55. The summed E-state index contributed by atoms with van der Waals surface area (Å²) in [6, 6.07) is 0.219. The van der Waals surface area contributed by atoms with E-state index < -0.39 is 0 Å². The molecule has 2 N–H and O–H groups in total. The summed E-state index contributed by atoms with van der Waals surface area (Å²) < 4.78 is 0. The molecule has 0 bridgehead atoms. The minimum Gasteiger partial charge on any atom is -0.341 e. The molecule has 2 saturated heterocycles. The number of nitrogens with two attached hydrogens (primary N) is 1. The lowest BCUT2D eigenvalue weighted by Crippen LogP contribution is -2.37. The Hall–Kier alpha value is 0.0700. The van der Waals surface area contributed by atoms with Crippen LogP contribution < -0.4 is 5.73 Å². The smallest absolute Gasteiger partial charge is 0.225 e. The highest BCUT2D eigenvalue weighted by Crippen LogP contribution is 2.25. The standard InChI is InChI=1S/C10H18N2OS.ClH/c11-9-1-4-12(7-9)10(13)8-2-5-14-6-3-8;/h8-9H,1-7,11H2;1H/t9-;/m0./s1. The van der Waals surface area contributed by atoms with Crippen LogP contribution in [0.1, 0.15) is 19.3 Å².